The van der Waals surface area contributed by atoms with E-state index in [0.717, 1.165) is 28.9 Å². The van der Waals surface area contributed by atoms with E-state index in [-0.39, 0.29) is 0 Å². The first-order valence-corrected chi connectivity index (χ1v) is 8.15. The quantitative estimate of drug-likeness (QED) is 0.705. The topological polar surface area (TPSA) is 42.4 Å². The number of pyridine rings is 1. The molecule has 3 rings (SSSR count). The van der Waals surface area contributed by atoms with Crippen LogP contribution in [-0.2, 0) is 13.0 Å². The maximum Gasteiger partial charge on any atom is 0.120 e. The highest BCUT2D eigenvalue weighted by Crippen LogP contribution is 2.23. The van der Waals surface area contributed by atoms with Gasteiger partial charge in [0.1, 0.15) is 12.4 Å². The third kappa shape index (κ3) is 4.67. The third-order valence-corrected chi connectivity index (χ3v) is 3.92. The summed E-state index contributed by atoms with van der Waals surface area (Å²) < 4.78 is 5.82. The molecule has 0 radical (unpaired) electrons. The van der Waals surface area contributed by atoms with Gasteiger partial charge in [-0.05, 0) is 47.7 Å². The van der Waals surface area contributed by atoms with Gasteiger partial charge >= 0.3 is 0 Å². The van der Waals surface area contributed by atoms with Crippen molar-refractivity contribution in [2.45, 2.75) is 25.6 Å². The zero-order valence-electron chi connectivity index (χ0n) is 13.5. The van der Waals surface area contributed by atoms with Gasteiger partial charge in [-0.25, -0.2) is 0 Å². The Balaban J connectivity index is 1.57. The van der Waals surface area contributed by atoms with Crippen molar-refractivity contribution < 1.29 is 9.84 Å². The first-order valence-electron chi connectivity index (χ1n) is 8.15. The van der Waals surface area contributed by atoms with Gasteiger partial charge < -0.3 is 9.84 Å². The Labute approximate surface area is 142 Å². The predicted octanol–water partition coefficient (Wildman–Crippen LogP) is 4.33. The smallest absolute Gasteiger partial charge is 0.120 e. The molecule has 2 aromatic carbocycles. The zero-order chi connectivity index (χ0) is 16.6. The molecule has 1 atom stereocenters. The van der Waals surface area contributed by atoms with Crippen LogP contribution in [0.15, 0.2) is 79.1 Å². The first kappa shape index (κ1) is 16.2. The van der Waals surface area contributed by atoms with Crippen molar-refractivity contribution in [1.29, 1.82) is 0 Å². The summed E-state index contributed by atoms with van der Waals surface area (Å²) in [6.07, 6.45) is 4.54. The molecule has 0 saturated carbocycles. The minimum atomic E-state index is -0.509. The minimum Gasteiger partial charge on any atom is -0.489 e. The molecule has 0 aliphatic carbocycles. The van der Waals surface area contributed by atoms with Crippen LogP contribution in [0.2, 0.25) is 0 Å². The zero-order valence-corrected chi connectivity index (χ0v) is 13.5. The number of hydrogen-bond acceptors (Lipinski definition) is 3. The molecule has 1 N–H and O–H groups in total. The molecule has 0 amide bonds. The normalized spacial score (nSPS) is 11.9. The number of aryl methyl sites for hydroxylation is 1. The highest BCUT2D eigenvalue weighted by Gasteiger charge is 2.09. The van der Waals surface area contributed by atoms with Crippen molar-refractivity contribution in [2.24, 2.45) is 0 Å². The molecular weight excluding hydrogens is 298 g/mol. The molecule has 1 unspecified atom stereocenters. The molecule has 3 aromatic rings. The van der Waals surface area contributed by atoms with Crippen molar-refractivity contribution in [3.63, 3.8) is 0 Å². The number of aliphatic hydroxyl groups is 1. The van der Waals surface area contributed by atoms with E-state index in [4.69, 9.17) is 4.74 Å². The Morgan fingerprint density at radius 2 is 1.75 bits per heavy atom. The summed E-state index contributed by atoms with van der Waals surface area (Å²) in [6.45, 7) is 0.524. The summed E-state index contributed by atoms with van der Waals surface area (Å²) in [5, 5.41) is 10.4. The summed E-state index contributed by atoms with van der Waals surface area (Å²) in [7, 11) is 0. The van der Waals surface area contributed by atoms with Gasteiger partial charge in [0.25, 0.3) is 0 Å². The van der Waals surface area contributed by atoms with Crippen LogP contribution in [0.25, 0.3) is 0 Å². The lowest BCUT2D eigenvalue weighted by atomic mass is 10.0. The van der Waals surface area contributed by atoms with E-state index in [1.165, 1.54) is 0 Å². The lowest BCUT2D eigenvalue weighted by Crippen LogP contribution is -2.01. The number of nitrogens with zero attached hydrogens (tertiary/aromatic N) is 1. The Kier molecular flexibility index (Phi) is 5.59. The molecule has 1 heterocycles. The van der Waals surface area contributed by atoms with Gasteiger partial charge in [0, 0.05) is 12.4 Å². The van der Waals surface area contributed by atoms with Crippen LogP contribution in [0.4, 0.5) is 0 Å². The molecule has 0 aliphatic heterocycles. The van der Waals surface area contributed by atoms with Crippen molar-refractivity contribution >= 4 is 0 Å². The third-order valence-electron chi connectivity index (χ3n) is 3.92. The first-order chi connectivity index (χ1) is 11.8. The number of benzene rings is 2. The van der Waals surface area contributed by atoms with E-state index in [1.54, 1.807) is 6.20 Å². The van der Waals surface area contributed by atoms with Gasteiger partial charge in [-0.1, -0.05) is 48.5 Å². The van der Waals surface area contributed by atoms with Crippen molar-refractivity contribution in [3.8, 4) is 5.75 Å². The van der Waals surface area contributed by atoms with Crippen LogP contribution < -0.4 is 4.74 Å². The number of aromatic nitrogens is 1. The molecular formula is C21H21NO2. The molecule has 0 spiro atoms. The second kappa shape index (κ2) is 8.27. The lowest BCUT2D eigenvalue weighted by Gasteiger charge is -2.13. The molecule has 0 fully saturated rings. The van der Waals surface area contributed by atoms with Gasteiger partial charge in [0.05, 0.1) is 6.10 Å². The number of rotatable bonds is 7. The van der Waals surface area contributed by atoms with Crippen LogP contribution in [0.5, 0.6) is 5.75 Å². The molecule has 3 nitrogen and oxygen atoms in total. The SMILES string of the molecule is OC(CCc1cccnc1)c1cccc(OCc2ccccc2)c1. The van der Waals surface area contributed by atoms with E-state index in [1.807, 2.05) is 72.9 Å². The standard InChI is InChI=1S/C21H21NO2/c23-21(12-11-17-8-5-13-22-15-17)19-9-4-10-20(14-19)24-16-18-6-2-1-3-7-18/h1-10,13-15,21,23H,11-12,16H2. The second-order valence-electron chi connectivity index (χ2n) is 5.76. The Morgan fingerprint density at radius 1 is 0.917 bits per heavy atom. The van der Waals surface area contributed by atoms with Crippen LogP contribution in [-0.4, -0.2) is 10.1 Å². The van der Waals surface area contributed by atoms with Crippen molar-refractivity contribution in [1.82, 2.24) is 4.98 Å². The largest absolute Gasteiger partial charge is 0.489 e. The molecule has 0 bridgehead atoms. The molecule has 24 heavy (non-hydrogen) atoms. The van der Waals surface area contributed by atoms with Crippen LogP contribution in [0.3, 0.4) is 0 Å². The highest BCUT2D eigenvalue weighted by atomic mass is 16.5. The summed E-state index contributed by atoms with van der Waals surface area (Å²) >= 11 is 0. The fourth-order valence-corrected chi connectivity index (χ4v) is 2.57. The van der Waals surface area contributed by atoms with E-state index in [2.05, 4.69) is 4.98 Å². The lowest BCUT2D eigenvalue weighted by molar-refractivity contribution is 0.167. The monoisotopic (exact) mass is 319 g/mol. The highest BCUT2D eigenvalue weighted by molar-refractivity contribution is 5.30. The van der Waals surface area contributed by atoms with Gasteiger partial charge in [0.2, 0.25) is 0 Å². The second-order valence-corrected chi connectivity index (χ2v) is 5.76. The van der Waals surface area contributed by atoms with Gasteiger partial charge in [-0.3, -0.25) is 4.98 Å². The van der Waals surface area contributed by atoms with E-state index in [0.29, 0.717) is 13.0 Å². The fourth-order valence-electron chi connectivity index (χ4n) is 2.57. The predicted molar refractivity (Wildman–Crippen MR) is 94.7 cm³/mol. The van der Waals surface area contributed by atoms with Crippen LogP contribution in [0, 0.1) is 0 Å². The molecule has 3 heteroatoms. The van der Waals surface area contributed by atoms with E-state index >= 15 is 0 Å². The number of aliphatic hydroxyl groups excluding tert-OH is 1. The van der Waals surface area contributed by atoms with Gasteiger partial charge in [-0.15, -0.1) is 0 Å². The van der Waals surface area contributed by atoms with Crippen molar-refractivity contribution in [2.75, 3.05) is 0 Å². The van der Waals surface area contributed by atoms with E-state index in [9.17, 15) is 5.11 Å². The molecule has 0 saturated heterocycles. The van der Waals surface area contributed by atoms with E-state index < -0.39 is 6.10 Å². The number of ether oxygens (including phenoxy) is 1. The molecule has 1 aromatic heterocycles. The number of hydrogen-bond donors (Lipinski definition) is 1. The average molecular weight is 319 g/mol. The summed E-state index contributed by atoms with van der Waals surface area (Å²) in [5.74, 6) is 0.775. The Bertz CT molecular complexity index is 744. The van der Waals surface area contributed by atoms with Crippen molar-refractivity contribution in [3.05, 3.63) is 95.8 Å². The van der Waals surface area contributed by atoms with Crippen LogP contribution in [0.1, 0.15) is 29.2 Å². The van der Waals surface area contributed by atoms with Crippen LogP contribution >= 0.6 is 0 Å². The minimum absolute atomic E-state index is 0.509. The molecule has 122 valence electrons. The summed E-state index contributed by atoms with van der Waals surface area (Å²) in [4.78, 5) is 4.10. The fraction of sp³-hybridized carbons (Fsp3) is 0.190. The summed E-state index contributed by atoms with van der Waals surface area (Å²) in [6, 6.07) is 21.7. The van der Waals surface area contributed by atoms with Gasteiger partial charge in [-0.2, -0.15) is 0 Å². The van der Waals surface area contributed by atoms with Gasteiger partial charge in [0.15, 0.2) is 0 Å². The Morgan fingerprint density at radius 3 is 2.54 bits per heavy atom. The Hall–Kier alpha value is -2.65. The maximum absolute atomic E-state index is 10.4. The summed E-state index contributed by atoms with van der Waals surface area (Å²) in [5.41, 5.74) is 3.14. The maximum atomic E-state index is 10.4. The molecule has 0 aliphatic rings. The average Bonchev–Trinajstić information content (AvgIpc) is 2.66.